The van der Waals surface area contributed by atoms with E-state index in [4.69, 9.17) is 0 Å². The van der Waals surface area contributed by atoms with Crippen molar-refractivity contribution in [2.45, 2.75) is 6.92 Å². The van der Waals surface area contributed by atoms with E-state index in [0.717, 1.165) is 22.4 Å². The summed E-state index contributed by atoms with van der Waals surface area (Å²) in [7, 11) is 0. The second-order valence-corrected chi connectivity index (χ2v) is 5.40. The summed E-state index contributed by atoms with van der Waals surface area (Å²) in [6.07, 6.45) is 6.57. The molecule has 0 radical (unpaired) electrons. The van der Waals surface area contributed by atoms with Crippen LogP contribution in [-0.2, 0) is 4.79 Å². The Kier molecular flexibility index (Phi) is 4.77. The highest BCUT2D eigenvalue weighted by molar-refractivity contribution is 6.01. The third kappa shape index (κ3) is 4.14. The summed E-state index contributed by atoms with van der Waals surface area (Å²) in [5, 5.41) is 2.82. The van der Waals surface area contributed by atoms with Crippen molar-refractivity contribution >= 4 is 17.7 Å². The Morgan fingerprint density at radius 1 is 1.00 bits per heavy atom. The van der Waals surface area contributed by atoms with E-state index in [2.05, 4.69) is 15.3 Å². The molecule has 1 aromatic heterocycles. The number of aromatic nitrogens is 2. The minimum Gasteiger partial charge on any atom is -0.323 e. The first-order valence-corrected chi connectivity index (χ1v) is 7.64. The summed E-state index contributed by atoms with van der Waals surface area (Å²) in [5.41, 5.74) is 3.61. The molecule has 3 aromatic rings. The van der Waals surface area contributed by atoms with E-state index < -0.39 is 0 Å². The highest BCUT2D eigenvalue weighted by atomic mass is 16.1. The average molecular weight is 315 g/mol. The highest BCUT2D eigenvalue weighted by Crippen LogP contribution is 2.14. The van der Waals surface area contributed by atoms with Gasteiger partial charge in [0.25, 0.3) is 0 Å². The molecule has 0 aliphatic carbocycles. The number of anilines is 1. The van der Waals surface area contributed by atoms with Crippen LogP contribution in [0.5, 0.6) is 0 Å². The average Bonchev–Trinajstić information content (AvgIpc) is 2.61. The Morgan fingerprint density at radius 2 is 1.75 bits per heavy atom. The topological polar surface area (TPSA) is 54.9 Å². The SMILES string of the molecule is Cc1cccc(NC(=O)/C=C/c2cnc(-c3ccccc3)nc2)c1. The molecular formula is C20H17N3O. The molecule has 0 bridgehead atoms. The number of rotatable bonds is 4. The van der Waals surface area contributed by atoms with Crippen LogP contribution < -0.4 is 5.32 Å². The molecule has 0 aliphatic heterocycles. The summed E-state index contributed by atoms with van der Waals surface area (Å²) < 4.78 is 0. The van der Waals surface area contributed by atoms with E-state index in [1.807, 2.05) is 61.5 Å². The molecule has 0 saturated carbocycles. The minimum absolute atomic E-state index is 0.187. The van der Waals surface area contributed by atoms with Crippen LogP contribution in [0.2, 0.25) is 0 Å². The molecule has 118 valence electrons. The van der Waals surface area contributed by atoms with Crippen molar-refractivity contribution in [2.24, 2.45) is 0 Å². The smallest absolute Gasteiger partial charge is 0.248 e. The van der Waals surface area contributed by atoms with Crippen molar-refractivity contribution in [1.29, 1.82) is 0 Å². The monoisotopic (exact) mass is 315 g/mol. The van der Waals surface area contributed by atoms with E-state index in [9.17, 15) is 4.79 Å². The zero-order chi connectivity index (χ0) is 16.8. The molecule has 3 rings (SSSR count). The van der Waals surface area contributed by atoms with Crippen molar-refractivity contribution in [1.82, 2.24) is 9.97 Å². The van der Waals surface area contributed by atoms with Crippen LogP contribution in [-0.4, -0.2) is 15.9 Å². The predicted molar refractivity (Wildman–Crippen MR) is 96.3 cm³/mol. The molecule has 1 N–H and O–H groups in total. The molecule has 1 amide bonds. The van der Waals surface area contributed by atoms with E-state index >= 15 is 0 Å². The number of carbonyl (C=O) groups is 1. The van der Waals surface area contributed by atoms with Crippen LogP contribution in [0.4, 0.5) is 5.69 Å². The second-order valence-electron chi connectivity index (χ2n) is 5.40. The first kappa shape index (κ1) is 15.6. The molecule has 0 aliphatic rings. The van der Waals surface area contributed by atoms with Gasteiger partial charge in [-0.2, -0.15) is 0 Å². The molecule has 2 aromatic carbocycles. The van der Waals surface area contributed by atoms with E-state index in [1.54, 1.807) is 18.5 Å². The van der Waals surface area contributed by atoms with Gasteiger partial charge in [-0.05, 0) is 30.7 Å². The van der Waals surface area contributed by atoms with Gasteiger partial charge in [-0.3, -0.25) is 4.79 Å². The number of nitrogens with zero attached hydrogens (tertiary/aromatic N) is 2. The molecule has 24 heavy (non-hydrogen) atoms. The van der Waals surface area contributed by atoms with Gasteiger partial charge in [0, 0.05) is 35.3 Å². The molecule has 0 saturated heterocycles. The lowest BCUT2D eigenvalue weighted by Gasteiger charge is -2.03. The van der Waals surface area contributed by atoms with Crippen molar-refractivity contribution in [2.75, 3.05) is 5.32 Å². The fourth-order valence-corrected chi connectivity index (χ4v) is 2.24. The van der Waals surface area contributed by atoms with Crippen LogP contribution in [0, 0.1) is 6.92 Å². The van der Waals surface area contributed by atoms with Crippen LogP contribution >= 0.6 is 0 Å². The number of aryl methyl sites for hydroxylation is 1. The maximum absolute atomic E-state index is 11.9. The molecule has 0 fully saturated rings. The van der Waals surface area contributed by atoms with Crippen LogP contribution in [0.1, 0.15) is 11.1 Å². The zero-order valence-corrected chi connectivity index (χ0v) is 13.3. The van der Waals surface area contributed by atoms with Gasteiger partial charge >= 0.3 is 0 Å². The van der Waals surface area contributed by atoms with Gasteiger partial charge in [0.15, 0.2) is 5.82 Å². The van der Waals surface area contributed by atoms with Crippen molar-refractivity contribution in [3.05, 3.63) is 84.2 Å². The Morgan fingerprint density at radius 3 is 2.46 bits per heavy atom. The van der Waals surface area contributed by atoms with Crippen molar-refractivity contribution in [3.63, 3.8) is 0 Å². The Bertz CT molecular complexity index is 856. The zero-order valence-electron chi connectivity index (χ0n) is 13.3. The third-order valence-electron chi connectivity index (χ3n) is 3.42. The molecule has 0 spiro atoms. The molecule has 0 atom stereocenters. The van der Waals surface area contributed by atoms with Gasteiger partial charge in [0.2, 0.25) is 5.91 Å². The number of carbonyl (C=O) groups excluding carboxylic acids is 1. The summed E-state index contributed by atoms with van der Waals surface area (Å²) in [6.45, 7) is 1.98. The fourth-order valence-electron chi connectivity index (χ4n) is 2.24. The summed E-state index contributed by atoms with van der Waals surface area (Å²) in [4.78, 5) is 20.6. The first-order valence-electron chi connectivity index (χ1n) is 7.64. The van der Waals surface area contributed by atoms with Crippen molar-refractivity contribution in [3.8, 4) is 11.4 Å². The number of amides is 1. The lowest BCUT2D eigenvalue weighted by molar-refractivity contribution is -0.111. The summed E-state index contributed by atoms with van der Waals surface area (Å²) in [6, 6.07) is 17.4. The third-order valence-corrected chi connectivity index (χ3v) is 3.42. The summed E-state index contributed by atoms with van der Waals surface area (Å²) in [5.74, 6) is 0.477. The Labute approximate surface area is 140 Å². The lowest BCUT2D eigenvalue weighted by atomic mass is 10.2. The number of nitrogens with one attached hydrogen (secondary N) is 1. The quantitative estimate of drug-likeness (QED) is 0.737. The molecule has 4 nitrogen and oxygen atoms in total. The van der Waals surface area contributed by atoms with Crippen molar-refractivity contribution < 1.29 is 4.79 Å². The van der Waals surface area contributed by atoms with Gasteiger partial charge in [-0.1, -0.05) is 42.5 Å². The van der Waals surface area contributed by atoms with Gasteiger partial charge in [-0.25, -0.2) is 9.97 Å². The largest absolute Gasteiger partial charge is 0.323 e. The Hall–Kier alpha value is -3.27. The maximum atomic E-state index is 11.9. The number of benzene rings is 2. The van der Waals surface area contributed by atoms with E-state index in [-0.39, 0.29) is 5.91 Å². The van der Waals surface area contributed by atoms with E-state index in [1.165, 1.54) is 6.08 Å². The highest BCUT2D eigenvalue weighted by Gasteiger charge is 2.00. The fraction of sp³-hybridized carbons (Fsp3) is 0.0500. The second kappa shape index (κ2) is 7.33. The molecule has 0 unspecified atom stereocenters. The Balaban J connectivity index is 1.65. The molecule has 1 heterocycles. The first-order chi connectivity index (χ1) is 11.7. The van der Waals surface area contributed by atoms with Gasteiger partial charge in [0.1, 0.15) is 0 Å². The number of hydrogen-bond donors (Lipinski definition) is 1. The van der Waals surface area contributed by atoms with Crippen LogP contribution in [0.15, 0.2) is 73.1 Å². The maximum Gasteiger partial charge on any atom is 0.248 e. The van der Waals surface area contributed by atoms with Crippen LogP contribution in [0.3, 0.4) is 0 Å². The molecular weight excluding hydrogens is 298 g/mol. The molecule has 4 heteroatoms. The van der Waals surface area contributed by atoms with E-state index in [0.29, 0.717) is 5.82 Å². The van der Waals surface area contributed by atoms with Gasteiger partial charge in [0.05, 0.1) is 0 Å². The lowest BCUT2D eigenvalue weighted by Crippen LogP contribution is -2.07. The van der Waals surface area contributed by atoms with Gasteiger partial charge in [-0.15, -0.1) is 0 Å². The standard InChI is InChI=1S/C20H17N3O/c1-15-6-5-9-18(12-15)23-19(24)11-10-16-13-21-20(22-14-16)17-7-3-2-4-8-17/h2-14H,1H3,(H,23,24)/b11-10+. The minimum atomic E-state index is -0.187. The normalized spacial score (nSPS) is 10.7. The summed E-state index contributed by atoms with van der Waals surface area (Å²) >= 11 is 0. The number of hydrogen-bond acceptors (Lipinski definition) is 3. The van der Waals surface area contributed by atoms with Gasteiger partial charge < -0.3 is 5.32 Å². The van der Waals surface area contributed by atoms with Crippen LogP contribution in [0.25, 0.3) is 17.5 Å². The predicted octanol–water partition coefficient (Wildman–Crippen LogP) is 4.10.